The summed E-state index contributed by atoms with van der Waals surface area (Å²) in [6, 6.07) is 4.35. The molecule has 0 spiro atoms. The number of anilines is 1. The molecule has 0 bridgehead atoms. The lowest BCUT2D eigenvalue weighted by Gasteiger charge is -2.08. The van der Waals surface area contributed by atoms with E-state index in [1.165, 1.54) is 12.1 Å². The molecule has 0 radical (unpaired) electrons. The van der Waals surface area contributed by atoms with Crippen molar-refractivity contribution in [1.29, 1.82) is 0 Å². The third-order valence-electron chi connectivity index (χ3n) is 2.50. The Bertz CT molecular complexity index is 503. The van der Waals surface area contributed by atoms with Gasteiger partial charge in [0.25, 0.3) is 0 Å². The highest BCUT2D eigenvalue weighted by Crippen LogP contribution is 2.20. The predicted molar refractivity (Wildman–Crippen MR) is 57.4 cm³/mol. The summed E-state index contributed by atoms with van der Waals surface area (Å²) in [5.74, 6) is -0.328. The Morgan fingerprint density at radius 1 is 1.33 bits per heavy atom. The van der Waals surface area contributed by atoms with Crippen LogP contribution in [0.5, 0.6) is 0 Å². The Morgan fingerprint density at radius 3 is 2.60 bits per heavy atom. The number of nitrogen functional groups attached to an aromatic ring is 1. The van der Waals surface area contributed by atoms with E-state index >= 15 is 0 Å². The van der Waals surface area contributed by atoms with Crippen molar-refractivity contribution in [2.45, 2.75) is 13.8 Å². The number of halogens is 1. The average molecular weight is 205 g/mol. The summed E-state index contributed by atoms with van der Waals surface area (Å²) in [5, 5.41) is 0. The molecule has 1 aromatic carbocycles. The van der Waals surface area contributed by atoms with Crippen molar-refractivity contribution in [3.05, 3.63) is 41.7 Å². The molecule has 0 saturated heterocycles. The van der Waals surface area contributed by atoms with Gasteiger partial charge in [0.1, 0.15) is 5.82 Å². The van der Waals surface area contributed by atoms with Crippen LogP contribution in [0.4, 0.5) is 10.1 Å². The van der Waals surface area contributed by atoms with Crippen LogP contribution in [0, 0.1) is 19.7 Å². The maximum Gasteiger partial charge on any atom is 0.125 e. The quantitative estimate of drug-likeness (QED) is 0.725. The average Bonchev–Trinajstić information content (AvgIpc) is 2.49. The second-order valence-electron chi connectivity index (χ2n) is 3.49. The first-order chi connectivity index (χ1) is 7.09. The number of rotatable bonds is 1. The Kier molecular flexibility index (Phi) is 2.19. The third kappa shape index (κ3) is 1.58. The smallest absolute Gasteiger partial charge is 0.125 e. The molecular weight excluding hydrogens is 193 g/mol. The van der Waals surface area contributed by atoms with Gasteiger partial charge >= 0.3 is 0 Å². The summed E-state index contributed by atoms with van der Waals surface area (Å²) in [4.78, 5) is 4.17. The minimum absolute atomic E-state index is 0.328. The van der Waals surface area contributed by atoms with Gasteiger partial charge in [-0.05, 0) is 32.0 Å². The van der Waals surface area contributed by atoms with Crippen LogP contribution in [-0.4, -0.2) is 9.55 Å². The highest BCUT2D eigenvalue weighted by molar-refractivity contribution is 5.58. The van der Waals surface area contributed by atoms with E-state index in [4.69, 9.17) is 5.73 Å². The number of nitrogens with two attached hydrogens (primary N) is 1. The topological polar surface area (TPSA) is 43.8 Å². The van der Waals surface area contributed by atoms with Crippen LogP contribution >= 0.6 is 0 Å². The van der Waals surface area contributed by atoms with Gasteiger partial charge in [0.15, 0.2) is 0 Å². The lowest BCUT2D eigenvalue weighted by Crippen LogP contribution is -2.01. The van der Waals surface area contributed by atoms with E-state index in [0.717, 1.165) is 17.1 Å². The van der Waals surface area contributed by atoms with Crippen LogP contribution in [0.2, 0.25) is 0 Å². The van der Waals surface area contributed by atoms with E-state index in [1.54, 1.807) is 12.4 Å². The molecule has 1 heterocycles. The van der Waals surface area contributed by atoms with E-state index in [9.17, 15) is 4.39 Å². The molecule has 4 heteroatoms. The number of imidazole rings is 1. The molecule has 0 aliphatic rings. The first-order valence-corrected chi connectivity index (χ1v) is 4.65. The number of aryl methyl sites for hydroxylation is 1. The molecule has 0 atom stereocenters. The predicted octanol–water partition coefficient (Wildman–Crippen LogP) is 2.21. The summed E-state index contributed by atoms with van der Waals surface area (Å²) in [5.41, 5.74) is 8.87. The second kappa shape index (κ2) is 3.38. The Hall–Kier alpha value is -1.84. The number of hydrogen-bond acceptors (Lipinski definition) is 2. The minimum atomic E-state index is -0.328. The van der Waals surface area contributed by atoms with E-state index in [-0.39, 0.29) is 5.82 Å². The summed E-state index contributed by atoms with van der Waals surface area (Å²) < 4.78 is 14.7. The molecule has 0 saturated carbocycles. The van der Waals surface area contributed by atoms with Gasteiger partial charge < -0.3 is 10.3 Å². The molecule has 2 rings (SSSR count). The lowest BCUT2D eigenvalue weighted by atomic mass is 10.2. The van der Waals surface area contributed by atoms with Gasteiger partial charge in [0.2, 0.25) is 0 Å². The van der Waals surface area contributed by atoms with Crippen molar-refractivity contribution in [2.75, 3.05) is 5.73 Å². The fourth-order valence-electron chi connectivity index (χ4n) is 1.49. The number of aromatic nitrogens is 2. The molecule has 0 fully saturated rings. The Balaban J connectivity index is 2.59. The Morgan fingerprint density at radius 2 is 2.07 bits per heavy atom. The SMILES string of the molecule is Cc1ncn(-c2ccc(F)cc2N)c1C. The summed E-state index contributed by atoms with van der Waals surface area (Å²) in [6.07, 6.45) is 1.69. The van der Waals surface area contributed by atoms with Crippen LogP contribution in [0.25, 0.3) is 5.69 Å². The van der Waals surface area contributed by atoms with E-state index in [1.807, 2.05) is 18.4 Å². The van der Waals surface area contributed by atoms with Gasteiger partial charge in [0, 0.05) is 5.69 Å². The second-order valence-corrected chi connectivity index (χ2v) is 3.49. The molecule has 0 aliphatic carbocycles. The first-order valence-electron chi connectivity index (χ1n) is 4.65. The van der Waals surface area contributed by atoms with Crippen LogP contribution in [0.1, 0.15) is 11.4 Å². The lowest BCUT2D eigenvalue weighted by molar-refractivity contribution is 0.628. The molecule has 15 heavy (non-hydrogen) atoms. The van der Waals surface area contributed by atoms with Crippen molar-refractivity contribution < 1.29 is 4.39 Å². The minimum Gasteiger partial charge on any atom is -0.397 e. The fourth-order valence-corrected chi connectivity index (χ4v) is 1.49. The van der Waals surface area contributed by atoms with Crippen molar-refractivity contribution in [3.8, 4) is 5.69 Å². The van der Waals surface area contributed by atoms with Crippen LogP contribution < -0.4 is 5.73 Å². The van der Waals surface area contributed by atoms with Gasteiger partial charge in [-0.1, -0.05) is 0 Å². The summed E-state index contributed by atoms with van der Waals surface area (Å²) in [7, 11) is 0. The zero-order valence-electron chi connectivity index (χ0n) is 8.66. The van der Waals surface area contributed by atoms with Gasteiger partial charge in [-0.25, -0.2) is 9.37 Å². The maximum absolute atomic E-state index is 12.9. The van der Waals surface area contributed by atoms with Crippen LogP contribution in [0.3, 0.4) is 0 Å². The number of benzene rings is 1. The molecule has 78 valence electrons. The molecule has 3 nitrogen and oxygen atoms in total. The molecule has 0 amide bonds. The number of nitrogens with zero attached hydrogens (tertiary/aromatic N) is 2. The molecule has 2 aromatic rings. The third-order valence-corrected chi connectivity index (χ3v) is 2.50. The van der Waals surface area contributed by atoms with Crippen molar-refractivity contribution in [1.82, 2.24) is 9.55 Å². The number of hydrogen-bond donors (Lipinski definition) is 1. The Labute approximate surface area is 87.4 Å². The fraction of sp³-hybridized carbons (Fsp3) is 0.182. The molecule has 2 N–H and O–H groups in total. The zero-order valence-corrected chi connectivity index (χ0v) is 8.66. The van der Waals surface area contributed by atoms with Crippen molar-refractivity contribution in [2.24, 2.45) is 0 Å². The van der Waals surface area contributed by atoms with Crippen molar-refractivity contribution in [3.63, 3.8) is 0 Å². The van der Waals surface area contributed by atoms with Crippen LogP contribution in [0.15, 0.2) is 24.5 Å². The van der Waals surface area contributed by atoms with Crippen molar-refractivity contribution >= 4 is 5.69 Å². The highest BCUT2D eigenvalue weighted by Gasteiger charge is 2.07. The normalized spacial score (nSPS) is 10.6. The standard InChI is InChI=1S/C11H12FN3/c1-7-8(2)15(6-14-7)11-4-3-9(12)5-10(11)13/h3-6H,13H2,1-2H3. The maximum atomic E-state index is 12.9. The van der Waals surface area contributed by atoms with E-state index in [0.29, 0.717) is 5.69 Å². The monoisotopic (exact) mass is 205 g/mol. The van der Waals surface area contributed by atoms with Gasteiger partial charge in [0.05, 0.1) is 23.4 Å². The van der Waals surface area contributed by atoms with E-state index < -0.39 is 0 Å². The zero-order chi connectivity index (χ0) is 11.0. The first kappa shape index (κ1) is 9.71. The highest BCUT2D eigenvalue weighted by atomic mass is 19.1. The molecule has 0 aliphatic heterocycles. The molecular formula is C11H12FN3. The summed E-state index contributed by atoms with van der Waals surface area (Å²) >= 11 is 0. The molecule has 0 unspecified atom stereocenters. The van der Waals surface area contributed by atoms with Gasteiger partial charge in [-0.2, -0.15) is 0 Å². The van der Waals surface area contributed by atoms with E-state index in [2.05, 4.69) is 4.98 Å². The van der Waals surface area contributed by atoms with Crippen LogP contribution in [-0.2, 0) is 0 Å². The van der Waals surface area contributed by atoms with Gasteiger partial charge in [-0.3, -0.25) is 0 Å². The summed E-state index contributed by atoms with van der Waals surface area (Å²) in [6.45, 7) is 3.87. The molecule has 1 aromatic heterocycles. The largest absolute Gasteiger partial charge is 0.397 e. The van der Waals surface area contributed by atoms with Gasteiger partial charge in [-0.15, -0.1) is 0 Å².